The van der Waals surface area contributed by atoms with Gasteiger partial charge in [-0.15, -0.1) is 0 Å². The molecule has 0 saturated heterocycles. The Kier molecular flexibility index (Phi) is 10.8. The van der Waals surface area contributed by atoms with Crippen molar-refractivity contribution >= 4 is 17.7 Å². The van der Waals surface area contributed by atoms with Crippen LogP contribution in [0.25, 0.3) is 0 Å². The van der Waals surface area contributed by atoms with Gasteiger partial charge in [0.1, 0.15) is 6.04 Å². The number of nitrogens with one attached hydrogen (secondary N) is 3. The lowest BCUT2D eigenvalue weighted by molar-refractivity contribution is -0.129. The highest BCUT2D eigenvalue weighted by Crippen LogP contribution is 2.08. The molecule has 0 heterocycles. The van der Waals surface area contributed by atoms with Crippen molar-refractivity contribution in [1.29, 1.82) is 0 Å². The molecule has 3 amide bonds. The van der Waals surface area contributed by atoms with Crippen LogP contribution in [0.15, 0.2) is 60.7 Å². The molecule has 7 nitrogen and oxygen atoms in total. The summed E-state index contributed by atoms with van der Waals surface area (Å²) < 4.78 is 0. The molecule has 2 aromatic carbocycles. The van der Waals surface area contributed by atoms with E-state index in [4.69, 9.17) is 5.21 Å². The fourth-order valence-electron chi connectivity index (χ4n) is 3.21. The SMILES string of the molecule is O=C(CCCCCCC(=O)N[C@@H](Cc1ccccc1)C(=O)NCc1ccccc1)NO. The Morgan fingerprint density at radius 1 is 0.742 bits per heavy atom. The molecule has 0 aliphatic carbocycles. The Morgan fingerprint density at radius 2 is 1.29 bits per heavy atom. The monoisotopic (exact) mass is 425 g/mol. The third-order valence-corrected chi connectivity index (χ3v) is 4.93. The number of hydrogen-bond acceptors (Lipinski definition) is 4. The summed E-state index contributed by atoms with van der Waals surface area (Å²) in [5, 5.41) is 14.2. The number of carbonyl (C=O) groups excluding carboxylic acids is 3. The van der Waals surface area contributed by atoms with E-state index in [1.807, 2.05) is 60.7 Å². The second-order valence-corrected chi connectivity index (χ2v) is 7.46. The van der Waals surface area contributed by atoms with E-state index in [1.165, 1.54) is 0 Å². The molecular weight excluding hydrogens is 394 g/mol. The highest BCUT2D eigenvalue weighted by Gasteiger charge is 2.21. The summed E-state index contributed by atoms with van der Waals surface area (Å²) in [6.45, 7) is 0.405. The van der Waals surface area contributed by atoms with Gasteiger partial charge in [-0.3, -0.25) is 19.6 Å². The number of hydrogen-bond donors (Lipinski definition) is 4. The summed E-state index contributed by atoms with van der Waals surface area (Å²) in [6, 6.07) is 18.6. The molecule has 1 atom stereocenters. The molecule has 7 heteroatoms. The smallest absolute Gasteiger partial charge is 0.243 e. The van der Waals surface area contributed by atoms with Crippen LogP contribution in [0.5, 0.6) is 0 Å². The number of hydroxylamine groups is 1. The maximum atomic E-state index is 12.8. The summed E-state index contributed by atoms with van der Waals surface area (Å²) in [7, 11) is 0. The van der Waals surface area contributed by atoms with E-state index in [1.54, 1.807) is 5.48 Å². The van der Waals surface area contributed by atoms with E-state index in [0.717, 1.165) is 24.0 Å². The molecule has 0 aliphatic heterocycles. The fourth-order valence-corrected chi connectivity index (χ4v) is 3.21. The van der Waals surface area contributed by atoms with Crippen LogP contribution >= 0.6 is 0 Å². The first-order valence-corrected chi connectivity index (χ1v) is 10.7. The molecule has 166 valence electrons. The van der Waals surface area contributed by atoms with Crippen LogP contribution in [0.4, 0.5) is 0 Å². The summed E-state index contributed by atoms with van der Waals surface area (Å²) in [5.74, 6) is -0.775. The molecule has 0 fully saturated rings. The molecule has 4 N–H and O–H groups in total. The second kappa shape index (κ2) is 13.9. The molecule has 2 rings (SSSR count). The van der Waals surface area contributed by atoms with E-state index >= 15 is 0 Å². The van der Waals surface area contributed by atoms with Crippen molar-refractivity contribution < 1.29 is 19.6 Å². The highest BCUT2D eigenvalue weighted by atomic mass is 16.5. The molecule has 2 aromatic rings. The van der Waals surface area contributed by atoms with Gasteiger partial charge in [-0.1, -0.05) is 73.5 Å². The van der Waals surface area contributed by atoms with Crippen molar-refractivity contribution in [3.63, 3.8) is 0 Å². The van der Waals surface area contributed by atoms with E-state index in [-0.39, 0.29) is 18.2 Å². The minimum atomic E-state index is -0.646. The van der Waals surface area contributed by atoms with Gasteiger partial charge in [-0.2, -0.15) is 0 Å². The number of unbranched alkanes of at least 4 members (excludes halogenated alkanes) is 3. The first-order chi connectivity index (χ1) is 15.1. The van der Waals surface area contributed by atoms with Gasteiger partial charge in [-0.25, -0.2) is 5.48 Å². The zero-order chi connectivity index (χ0) is 22.3. The van der Waals surface area contributed by atoms with Crippen LogP contribution in [0.3, 0.4) is 0 Å². The quantitative estimate of drug-likeness (QED) is 0.225. The van der Waals surface area contributed by atoms with Crippen molar-refractivity contribution in [2.75, 3.05) is 0 Å². The Hall–Kier alpha value is -3.19. The van der Waals surface area contributed by atoms with E-state index in [2.05, 4.69) is 10.6 Å². The van der Waals surface area contributed by atoms with Crippen molar-refractivity contribution in [3.05, 3.63) is 71.8 Å². The van der Waals surface area contributed by atoms with Crippen molar-refractivity contribution in [3.8, 4) is 0 Å². The lowest BCUT2D eigenvalue weighted by atomic mass is 10.0. The Balaban J connectivity index is 1.82. The van der Waals surface area contributed by atoms with Gasteiger partial charge in [0, 0.05) is 25.8 Å². The average Bonchev–Trinajstić information content (AvgIpc) is 2.80. The third kappa shape index (κ3) is 9.91. The normalized spacial score (nSPS) is 11.4. The summed E-state index contributed by atoms with van der Waals surface area (Å²) in [4.78, 5) is 36.2. The number of amides is 3. The van der Waals surface area contributed by atoms with Crippen LogP contribution in [-0.2, 0) is 27.3 Å². The lowest BCUT2D eigenvalue weighted by Gasteiger charge is -2.19. The lowest BCUT2D eigenvalue weighted by Crippen LogP contribution is -2.47. The first-order valence-electron chi connectivity index (χ1n) is 10.7. The number of rotatable bonds is 13. The van der Waals surface area contributed by atoms with Crippen LogP contribution in [0.1, 0.15) is 49.7 Å². The van der Waals surface area contributed by atoms with Gasteiger partial charge in [0.2, 0.25) is 17.7 Å². The first kappa shape index (κ1) is 24.1. The molecule has 0 aromatic heterocycles. The zero-order valence-electron chi connectivity index (χ0n) is 17.7. The van der Waals surface area contributed by atoms with Gasteiger partial charge >= 0.3 is 0 Å². The molecular formula is C24H31N3O4. The van der Waals surface area contributed by atoms with Crippen LogP contribution in [0.2, 0.25) is 0 Å². The van der Waals surface area contributed by atoms with Gasteiger partial charge in [0.05, 0.1) is 0 Å². The van der Waals surface area contributed by atoms with Gasteiger partial charge < -0.3 is 10.6 Å². The minimum absolute atomic E-state index is 0.163. The molecule has 0 bridgehead atoms. The average molecular weight is 426 g/mol. The topological polar surface area (TPSA) is 108 Å². The summed E-state index contributed by atoms with van der Waals surface area (Å²) >= 11 is 0. The standard InChI is InChI=1S/C24H31N3O4/c28-22(15-9-1-2-10-16-23(29)27-31)26-21(17-19-11-5-3-6-12-19)24(30)25-18-20-13-7-4-8-14-20/h3-8,11-14,21,31H,1-2,9-10,15-18H2,(H,25,30)(H,26,28)(H,27,29)/t21-/m0/s1. The molecule has 0 radical (unpaired) electrons. The second-order valence-electron chi connectivity index (χ2n) is 7.46. The van der Waals surface area contributed by atoms with Gasteiger partial charge in [0.25, 0.3) is 0 Å². The predicted octanol–water partition coefficient (Wildman–Crippen LogP) is 2.88. The molecule has 0 aliphatic rings. The summed E-state index contributed by atoms with van der Waals surface area (Å²) in [5.41, 5.74) is 3.58. The van der Waals surface area contributed by atoms with Gasteiger partial charge in [-0.05, 0) is 24.0 Å². The maximum absolute atomic E-state index is 12.8. The van der Waals surface area contributed by atoms with E-state index in [0.29, 0.717) is 32.2 Å². The molecule has 0 saturated carbocycles. The largest absolute Gasteiger partial charge is 0.350 e. The summed E-state index contributed by atoms with van der Waals surface area (Å²) in [6.07, 6.45) is 3.94. The van der Waals surface area contributed by atoms with E-state index in [9.17, 15) is 14.4 Å². The fraction of sp³-hybridized carbons (Fsp3) is 0.375. The van der Waals surface area contributed by atoms with Crippen molar-refractivity contribution in [1.82, 2.24) is 16.1 Å². The van der Waals surface area contributed by atoms with Crippen molar-refractivity contribution in [2.24, 2.45) is 0 Å². The minimum Gasteiger partial charge on any atom is -0.350 e. The number of carbonyl (C=O) groups is 3. The van der Waals surface area contributed by atoms with Gasteiger partial charge in [0.15, 0.2) is 0 Å². The Bertz CT molecular complexity index is 812. The molecule has 0 unspecified atom stereocenters. The van der Waals surface area contributed by atoms with Crippen LogP contribution in [-0.4, -0.2) is 29.0 Å². The molecule has 31 heavy (non-hydrogen) atoms. The predicted molar refractivity (Wildman–Crippen MR) is 118 cm³/mol. The third-order valence-electron chi connectivity index (χ3n) is 4.93. The Morgan fingerprint density at radius 3 is 1.87 bits per heavy atom. The molecule has 0 spiro atoms. The zero-order valence-corrected chi connectivity index (χ0v) is 17.7. The highest BCUT2D eigenvalue weighted by molar-refractivity contribution is 5.87. The number of benzene rings is 2. The van der Waals surface area contributed by atoms with E-state index < -0.39 is 11.9 Å². The van der Waals surface area contributed by atoms with Crippen molar-refractivity contribution in [2.45, 2.75) is 57.5 Å². The van der Waals surface area contributed by atoms with Crippen LogP contribution < -0.4 is 16.1 Å². The Labute approximate surface area is 183 Å². The maximum Gasteiger partial charge on any atom is 0.243 e. The van der Waals surface area contributed by atoms with Crippen LogP contribution in [0, 0.1) is 0 Å².